The van der Waals surface area contributed by atoms with Crippen molar-refractivity contribution < 1.29 is 4.42 Å². The molecule has 0 amide bonds. The molecule has 0 saturated carbocycles. The minimum atomic E-state index is 0.869. The predicted octanol–water partition coefficient (Wildman–Crippen LogP) is 15.8. The minimum Gasteiger partial charge on any atom is -0.455 e. The van der Waals surface area contributed by atoms with Gasteiger partial charge in [-0.05, 0) is 99.4 Å². The summed E-state index contributed by atoms with van der Waals surface area (Å²) >= 11 is 0. The van der Waals surface area contributed by atoms with Crippen LogP contribution in [0, 0.1) is 0 Å². The van der Waals surface area contributed by atoms with Crippen LogP contribution in [0.2, 0.25) is 0 Å². The smallest absolute Gasteiger partial charge is 0.143 e. The number of fused-ring (bicyclic) bond motifs is 9. The molecule has 59 heavy (non-hydrogen) atoms. The fourth-order valence-corrected chi connectivity index (χ4v) is 9.23. The molecule has 0 saturated heterocycles. The molecule has 0 N–H and O–H groups in total. The molecular weight excluding hydrogens is 717 g/mol. The molecular formula is C56H36N2O. The van der Waals surface area contributed by atoms with Crippen molar-refractivity contribution in [1.82, 2.24) is 4.57 Å². The number of hydrogen-bond donors (Lipinski definition) is 0. The third-order valence-corrected chi connectivity index (χ3v) is 12.0. The largest absolute Gasteiger partial charge is 0.455 e. The maximum absolute atomic E-state index is 6.83. The van der Waals surface area contributed by atoms with E-state index in [2.05, 4.69) is 222 Å². The molecule has 3 nitrogen and oxygen atoms in total. The second-order valence-corrected chi connectivity index (χ2v) is 15.3. The molecule has 0 unspecified atom stereocenters. The number of furan rings is 1. The van der Waals surface area contributed by atoms with E-state index in [0.29, 0.717) is 0 Å². The summed E-state index contributed by atoms with van der Waals surface area (Å²) in [5.74, 6) is 0. The van der Waals surface area contributed by atoms with Gasteiger partial charge >= 0.3 is 0 Å². The summed E-state index contributed by atoms with van der Waals surface area (Å²) in [4.78, 5) is 2.37. The first kappa shape index (κ1) is 33.3. The van der Waals surface area contributed by atoms with Crippen LogP contribution in [0.5, 0.6) is 0 Å². The fourth-order valence-electron chi connectivity index (χ4n) is 9.23. The lowest BCUT2D eigenvalue weighted by molar-refractivity contribution is 0.670. The first-order chi connectivity index (χ1) is 29.3. The second-order valence-electron chi connectivity index (χ2n) is 15.3. The van der Waals surface area contributed by atoms with Gasteiger partial charge in [-0.2, -0.15) is 0 Å². The summed E-state index contributed by atoms with van der Waals surface area (Å²) in [5.41, 5.74) is 12.9. The number of rotatable bonds is 6. The molecule has 12 rings (SSSR count). The number of benzene rings is 10. The van der Waals surface area contributed by atoms with Crippen molar-refractivity contribution in [2.45, 2.75) is 0 Å². The van der Waals surface area contributed by atoms with Gasteiger partial charge in [-0.25, -0.2) is 0 Å². The molecule has 0 spiro atoms. The van der Waals surface area contributed by atoms with Crippen LogP contribution in [0.25, 0.3) is 93.2 Å². The molecule has 2 heterocycles. The lowest BCUT2D eigenvalue weighted by atomic mass is 9.97. The Morgan fingerprint density at radius 2 is 0.915 bits per heavy atom. The van der Waals surface area contributed by atoms with E-state index in [1.54, 1.807) is 0 Å². The van der Waals surface area contributed by atoms with E-state index in [0.717, 1.165) is 55.8 Å². The third-order valence-electron chi connectivity index (χ3n) is 12.0. The van der Waals surface area contributed by atoms with Gasteiger partial charge in [0.2, 0.25) is 0 Å². The van der Waals surface area contributed by atoms with Gasteiger partial charge in [0.25, 0.3) is 0 Å². The number of hydrogen-bond acceptors (Lipinski definition) is 2. The molecule has 0 aliphatic carbocycles. The molecule has 2 aromatic heterocycles. The number of anilines is 3. The maximum atomic E-state index is 6.83. The summed E-state index contributed by atoms with van der Waals surface area (Å²) < 4.78 is 9.23. The number of aromatic nitrogens is 1. The lowest BCUT2D eigenvalue weighted by Gasteiger charge is -2.26. The number of para-hydroxylation sites is 5. The molecule has 0 fully saturated rings. The van der Waals surface area contributed by atoms with Gasteiger partial charge in [0.15, 0.2) is 0 Å². The highest BCUT2D eigenvalue weighted by Crippen LogP contribution is 2.46. The molecule has 0 radical (unpaired) electrons. The van der Waals surface area contributed by atoms with Gasteiger partial charge < -0.3 is 13.9 Å². The Morgan fingerprint density at radius 3 is 1.69 bits per heavy atom. The zero-order chi connectivity index (χ0) is 38.9. The van der Waals surface area contributed by atoms with Gasteiger partial charge in [-0.15, -0.1) is 0 Å². The van der Waals surface area contributed by atoms with E-state index in [1.807, 2.05) is 6.07 Å². The van der Waals surface area contributed by atoms with E-state index >= 15 is 0 Å². The van der Waals surface area contributed by atoms with Crippen LogP contribution in [0.1, 0.15) is 0 Å². The van der Waals surface area contributed by atoms with E-state index in [1.165, 1.54) is 54.5 Å². The monoisotopic (exact) mass is 752 g/mol. The highest BCUT2D eigenvalue weighted by molar-refractivity contribution is 6.14. The van der Waals surface area contributed by atoms with E-state index < -0.39 is 0 Å². The van der Waals surface area contributed by atoms with Gasteiger partial charge in [0, 0.05) is 49.7 Å². The Kier molecular flexibility index (Phi) is 7.54. The Bertz CT molecular complexity index is 3500. The van der Waals surface area contributed by atoms with Crippen molar-refractivity contribution in [2.24, 2.45) is 0 Å². The summed E-state index contributed by atoms with van der Waals surface area (Å²) in [6.45, 7) is 0. The highest BCUT2D eigenvalue weighted by Gasteiger charge is 2.22. The van der Waals surface area contributed by atoms with Crippen LogP contribution in [-0.2, 0) is 0 Å². The molecule has 0 bridgehead atoms. The van der Waals surface area contributed by atoms with Crippen molar-refractivity contribution in [3.8, 4) is 27.9 Å². The average Bonchev–Trinajstić information content (AvgIpc) is 3.85. The highest BCUT2D eigenvalue weighted by atomic mass is 16.3. The van der Waals surface area contributed by atoms with Crippen LogP contribution in [0.3, 0.4) is 0 Å². The lowest BCUT2D eigenvalue weighted by Crippen LogP contribution is -2.10. The van der Waals surface area contributed by atoms with Crippen molar-refractivity contribution >= 4 is 82.4 Å². The SMILES string of the molecule is c1ccc(N(c2ccc(-c3ccc4ccc5ccccc5c4c3)cc2)c2cc(-c3ccccc3-n3c4ccccc4c4ccccc43)c3oc4ccccc4c3c2)cc1. The fraction of sp³-hybridized carbons (Fsp3) is 0. The van der Waals surface area contributed by atoms with Gasteiger partial charge in [-0.1, -0.05) is 152 Å². The third kappa shape index (κ3) is 5.36. The van der Waals surface area contributed by atoms with Crippen LogP contribution in [0.4, 0.5) is 17.1 Å². The molecule has 0 aliphatic heterocycles. The standard InChI is InChI=1S/C56H36N2O/c1-2-15-41(16-3-1)57(42-32-30-37(31-33-42)40-29-28-39-27-26-38-14-4-5-17-44(38)49(39)34-40)43-35-50(56-51(36-43)48-21-9-13-25-55(48)59-56)47-20-8-12-24-54(47)58-52-22-10-6-18-45(52)46-19-7-11-23-53(46)58/h1-36H. The zero-order valence-electron chi connectivity index (χ0n) is 32.1. The van der Waals surface area contributed by atoms with Crippen molar-refractivity contribution in [3.05, 3.63) is 218 Å². The van der Waals surface area contributed by atoms with Crippen LogP contribution < -0.4 is 4.90 Å². The number of nitrogens with zero attached hydrogens (tertiary/aromatic N) is 2. The van der Waals surface area contributed by atoms with Crippen LogP contribution in [-0.4, -0.2) is 4.57 Å². The predicted molar refractivity (Wildman–Crippen MR) is 249 cm³/mol. The summed E-state index contributed by atoms with van der Waals surface area (Å²) in [6.07, 6.45) is 0. The average molecular weight is 753 g/mol. The van der Waals surface area contributed by atoms with E-state index in [9.17, 15) is 0 Å². The van der Waals surface area contributed by atoms with Crippen molar-refractivity contribution in [2.75, 3.05) is 4.90 Å². The molecule has 3 heteroatoms. The first-order valence-electron chi connectivity index (χ1n) is 20.2. The normalized spacial score (nSPS) is 11.7. The maximum Gasteiger partial charge on any atom is 0.143 e. The van der Waals surface area contributed by atoms with E-state index in [4.69, 9.17) is 4.42 Å². The van der Waals surface area contributed by atoms with Crippen molar-refractivity contribution in [1.29, 1.82) is 0 Å². The second kappa shape index (κ2) is 13.4. The topological polar surface area (TPSA) is 21.3 Å². The van der Waals surface area contributed by atoms with Crippen molar-refractivity contribution in [3.63, 3.8) is 0 Å². The summed E-state index contributed by atoms with van der Waals surface area (Å²) in [7, 11) is 0. The molecule has 0 atom stereocenters. The van der Waals surface area contributed by atoms with Gasteiger partial charge in [0.1, 0.15) is 11.2 Å². The van der Waals surface area contributed by atoms with Crippen LogP contribution in [0.15, 0.2) is 223 Å². The van der Waals surface area contributed by atoms with Gasteiger partial charge in [-0.3, -0.25) is 0 Å². The molecule has 10 aromatic carbocycles. The quantitative estimate of drug-likeness (QED) is 0.158. The molecule has 0 aliphatic rings. The van der Waals surface area contributed by atoms with Crippen LogP contribution >= 0.6 is 0 Å². The Morgan fingerprint density at radius 1 is 0.339 bits per heavy atom. The molecule has 12 aromatic rings. The minimum absolute atomic E-state index is 0.869. The first-order valence-corrected chi connectivity index (χ1v) is 20.2. The van der Waals surface area contributed by atoms with E-state index in [-0.39, 0.29) is 0 Å². The zero-order valence-corrected chi connectivity index (χ0v) is 32.1. The molecule has 276 valence electrons. The Hall–Kier alpha value is -7.88. The van der Waals surface area contributed by atoms with Gasteiger partial charge in [0.05, 0.1) is 16.7 Å². The Labute approximate surface area is 341 Å². The summed E-state index contributed by atoms with van der Waals surface area (Å²) in [6, 6.07) is 78.7. The summed E-state index contributed by atoms with van der Waals surface area (Å²) in [5, 5.41) is 9.68. The Balaban J connectivity index is 1.06.